The van der Waals surface area contributed by atoms with Crippen molar-refractivity contribution in [2.24, 2.45) is 0 Å². The van der Waals surface area contributed by atoms with Crippen LogP contribution in [0.5, 0.6) is 5.75 Å². The zero-order chi connectivity index (χ0) is 20.9. The highest BCUT2D eigenvalue weighted by molar-refractivity contribution is 6.31. The van der Waals surface area contributed by atoms with Gasteiger partial charge in [-0.25, -0.2) is 0 Å². The molecule has 0 unspecified atom stereocenters. The summed E-state index contributed by atoms with van der Waals surface area (Å²) in [5.41, 5.74) is 1.70. The van der Waals surface area contributed by atoms with Crippen LogP contribution >= 0.6 is 11.6 Å². The summed E-state index contributed by atoms with van der Waals surface area (Å²) < 4.78 is 12.6. The minimum absolute atomic E-state index is 0.170. The van der Waals surface area contributed by atoms with Gasteiger partial charge in [0.2, 0.25) is 0 Å². The number of anilines is 1. The van der Waals surface area contributed by atoms with E-state index >= 15 is 0 Å². The highest BCUT2D eigenvalue weighted by Gasteiger charge is 2.21. The van der Waals surface area contributed by atoms with Crippen molar-refractivity contribution in [3.8, 4) is 5.75 Å². The summed E-state index contributed by atoms with van der Waals surface area (Å²) in [5.74, 6) is 1.22. The Labute approximate surface area is 178 Å². The fourth-order valence-corrected chi connectivity index (χ4v) is 3.10. The van der Waals surface area contributed by atoms with Crippen LogP contribution < -0.4 is 10.1 Å². The van der Waals surface area contributed by atoms with E-state index in [0.717, 1.165) is 5.56 Å². The van der Waals surface area contributed by atoms with Crippen molar-refractivity contribution in [3.05, 3.63) is 94.5 Å². The first-order valence-electron chi connectivity index (χ1n) is 9.31. The maximum atomic E-state index is 12.7. The number of carbonyl (C=O) groups excluding carboxylic acids is 1. The number of aromatic nitrogens is 3. The van der Waals surface area contributed by atoms with E-state index in [1.807, 2.05) is 54.6 Å². The Balaban J connectivity index is 1.43. The van der Waals surface area contributed by atoms with E-state index in [0.29, 0.717) is 34.5 Å². The Hall–Kier alpha value is -3.58. The third-order valence-corrected chi connectivity index (χ3v) is 4.87. The van der Waals surface area contributed by atoms with Gasteiger partial charge in [0.05, 0.1) is 12.1 Å². The molecule has 4 rings (SSSR count). The minimum atomic E-state index is -0.415. The van der Waals surface area contributed by atoms with Crippen LogP contribution in [0.1, 0.15) is 27.4 Å². The Morgan fingerprint density at radius 2 is 1.90 bits per heavy atom. The van der Waals surface area contributed by atoms with Crippen molar-refractivity contribution in [3.63, 3.8) is 0 Å². The molecule has 2 aromatic carbocycles. The first kappa shape index (κ1) is 19.7. The van der Waals surface area contributed by atoms with Gasteiger partial charge in [0.15, 0.2) is 11.5 Å². The quantitative estimate of drug-likeness (QED) is 0.466. The number of ether oxygens (including phenoxy) is 1. The number of nitrogens with one attached hydrogen (secondary N) is 1. The van der Waals surface area contributed by atoms with Crippen molar-refractivity contribution in [1.82, 2.24) is 14.9 Å². The molecule has 0 aliphatic rings. The van der Waals surface area contributed by atoms with Crippen LogP contribution in [0.25, 0.3) is 0 Å². The normalized spacial score (nSPS) is 10.7. The van der Waals surface area contributed by atoms with Gasteiger partial charge in [-0.05, 0) is 30.7 Å². The molecule has 0 fully saturated rings. The number of carbonyl (C=O) groups is 1. The zero-order valence-corrected chi connectivity index (χ0v) is 17.0. The van der Waals surface area contributed by atoms with Gasteiger partial charge in [0.25, 0.3) is 5.91 Å². The van der Waals surface area contributed by atoms with Crippen LogP contribution in [0.2, 0.25) is 5.02 Å². The number of benzene rings is 2. The molecule has 30 heavy (non-hydrogen) atoms. The lowest BCUT2D eigenvalue weighted by Gasteiger charge is -2.06. The molecule has 0 bridgehead atoms. The maximum Gasteiger partial charge on any atom is 0.279 e. The number of aryl methyl sites for hydroxylation is 1. The van der Waals surface area contributed by atoms with Crippen LogP contribution in [0.15, 0.2) is 71.4 Å². The third kappa shape index (κ3) is 4.52. The molecule has 4 aromatic rings. The molecule has 0 radical (unpaired) electrons. The van der Waals surface area contributed by atoms with E-state index < -0.39 is 5.91 Å². The lowest BCUT2D eigenvalue weighted by Crippen LogP contribution is -2.16. The van der Waals surface area contributed by atoms with Gasteiger partial charge in [-0.3, -0.25) is 9.48 Å². The summed E-state index contributed by atoms with van der Waals surface area (Å²) in [6.07, 6.45) is 1.77. The number of nitrogens with zero attached hydrogens (tertiary/aromatic N) is 3. The summed E-state index contributed by atoms with van der Waals surface area (Å²) in [6, 6.07) is 18.6. The molecule has 152 valence electrons. The van der Waals surface area contributed by atoms with Crippen LogP contribution in [0, 0.1) is 6.92 Å². The predicted octanol–water partition coefficient (Wildman–Crippen LogP) is 4.71. The summed E-state index contributed by atoms with van der Waals surface area (Å²) in [4.78, 5) is 12.7. The van der Waals surface area contributed by atoms with Gasteiger partial charge in [0, 0.05) is 17.3 Å². The third-order valence-electron chi connectivity index (χ3n) is 4.50. The number of hydrogen-bond donors (Lipinski definition) is 1. The fraction of sp³-hybridized carbons (Fsp3) is 0.136. The van der Waals surface area contributed by atoms with E-state index in [-0.39, 0.29) is 12.3 Å². The van der Waals surface area contributed by atoms with Gasteiger partial charge >= 0.3 is 0 Å². The number of amides is 1. The molecule has 2 aromatic heterocycles. The van der Waals surface area contributed by atoms with Crippen molar-refractivity contribution < 1.29 is 14.1 Å². The average molecular weight is 423 g/mol. The van der Waals surface area contributed by atoms with E-state index in [2.05, 4.69) is 15.6 Å². The molecule has 0 aliphatic heterocycles. The molecular weight excluding hydrogens is 404 g/mol. The van der Waals surface area contributed by atoms with Gasteiger partial charge in [-0.15, -0.1) is 0 Å². The fourth-order valence-electron chi connectivity index (χ4n) is 2.90. The predicted molar refractivity (Wildman–Crippen MR) is 113 cm³/mol. The lowest BCUT2D eigenvalue weighted by atomic mass is 10.2. The van der Waals surface area contributed by atoms with Crippen LogP contribution in [-0.4, -0.2) is 20.8 Å². The number of rotatable bonds is 7. The first-order chi connectivity index (χ1) is 14.6. The first-order valence-corrected chi connectivity index (χ1v) is 9.69. The second kappa shape index (κ2) is 8.84. The van der Waals surface area contributed by atoms with Crippen molar-refractivity contribution in [1.29, 1.82) is 0 Å². The molecule has 7 nitrogen and oxygen atoms in total. The van der Waals surface area contributed by atoms with Gasteiger partial charge in [0.1, 0.15) is 18.1 Å². The van der Waals surface area contributed by atoms with E-state index in [1.165, 1.54) is 0 Å². The topological polar surface area (TPSA) is 82.2 Å². The average Bonchev–Trinajstić information content (AvgIpc) is 3.35. The van der Waals surface area contributed by atoms with Crippen molar-refractivity contribution >= 4 is 23.3 Å². The Kier molecular flexibility index (Phi) is 5.81. The molecule has 8 heteroatoms. The van der Waals surface area contributed by atoms with Crippen molar-refractivity contribution in [2.45, 2.75) is 20.1 Å². The number of hydrogen-bond acceptors (Lipinski definition) is 5. The number of para-hydroxylation sites is 1. The summed E-state index contributed by atoms with van der Waals surface area (Å²) in [6.45, 7) is 2.41. The number of halogens is 1. The van der Waals surface area contributed by atoms with Crippen molar-refractivity contribution in [2.75, 3.05) is 5.32 Å². The smallest absolute Gasteiger partial charge is 0.279 e. The Bertz CT molecular complexity index is 1150. The molecule has 0 atom stereocenters. The summed E-state index contributed by atoms with van der Waals surface area (Å²) >= 11 is 6.20. The lowest BCUT2D eigenvalue weighted by molar-refractivity contribution is 0.101. The minimum Gasteiger partial charge on any atom is -0.489 e. The highest BCUT2D eigenvalue weighted by Crippen LogP contribution is 2.19. The molecule has 1 amide bonds. The standard InChI is InChI=1S/C22H19ClN4O3/c1-15-18(14-29-17-8-3-2-4-9-17)21(26-30-15)22(28)24-20-11-12-27(25-20)13-16-7-5-6-10-19(16)23/h2-12H,13-14H2,1H3,(H,24,25,28). The molecule has 0 spiro atoms. The van der Waals surface area contributed by atoms with Crippen LogP contribution in [-0.2, 0) is 13.2 Å². The van der Waals surface area contributed by atoms with E-state index in [1.54, 1.807) is 23.9 Å². The van der Waals surface area contributed by atoms with Crippen LogP contribution in [0.4, 0.5) is 5.82 Å². The highest BCUT2D eigenvalue weighted by atomic mass is 35.5. The molecule has 2 heterocycles. The second-order valence-corrected chi connectivity index (χ2v) is 7.02. The monoisotopic (exact) mass is 422 g/mol. The second-order valence-electron chi connectivity index (χ2n) is 6.61. The molecule has 0 saturated heterocycles. The van der Waals surface area contributed by atoms with Crippen LogP contribution in [0.3, 0.4) is 0 Å². The van der Waals surface area contributed by atoms with E-state index in [9.17, 15) is 4.79 Å². The summed E-state index contributed by atoms with van der Waals surface area (Å²) in [7, 11) is 0. The Morgan fingerprint density at radius 1 is 1.13 bits per heavy atom. The molecule has 1 N–H and O–H groups in total. The molecular formula is C22H19ClN4O3. The Morgan fingerprint density at radius 3 is 2.70 bits per heavy atom. The molecule has 0 aliphatic carbocycles. The maximum absolute atomic E-state index is 12.7. The molecule has 0 saturated carbocycles. The van der Waals surface area contributed by atoms with E-state index in [4.69, 9.17) is 20.9 Å². The SMILES string of the molecule is Cc1onc(C(=O)Nc2ccn(Cc3ccccc3Cl)n2)c1COc1ccccc1. The largest absolute Gasteiger partial charge is 0.489 e. The summed E-state index contributed by atoms with van der Waals surface area (Å²) in [5, 5.41) is 11.7. The van der Waals surface area contributed by atoms with Gasteiger partial charge in [-0.2, -0.15) is 5.10 Å². The van der Waals surface area contributed by atoms with Gasteiger partial charge in [-0.1, -0.05) is 53.2 Å². The van der Waals surface area contributed by atoms with Gasteiger partial charge < -0.3 is 14.6 Å². The zero-order valence-electron chi connectivity index (χ0n) is 16.2.